The van der Waals surface area contributed by atoms with E-state index in [0.29, 0.717) is 16.8 Å². The number of rotatable bonds is 8. The van der Waals surface area contributed by atoms with Gasteiger partial charge in [0, 0.05) is 28.6 Å². The molecule has 0 spiro atoms. The molecule has 1 amide bonds. The molecule has 0 radical (unpaired) electrons. The summed E-state index contributed by atoms with van der Waals surface area (Å²) in [7, 11) is -3.41. The summed E-state index contributed by atoms with van der Waals surface area (Å²) in [6.07, 6.45) is 4.69. The van der Waals surface area contributed by atoms with Crippen LogP contribution in [0.2, 0.25) is 0 Å². The zero-order chi connectivity index (χ0) is 21.6. The van der Waals surface area contributed by atoms with E-state index < -0.39 is 10.0 Å². The molecule has 0 bridgehead atoms. The number of hydrogen-bond donors (Lipinski definition) is 2. The second-order valence-corrected chi connectivity index (χ2v) is 9.63. The van der Waals surface area contributed by atoms with E-state index in [-0.39, 0.29) is 11.9 Å². The normalized spacial score (nSPS) is 12.2. The highest BCUT2D eigenvalue weighted by Crippen LogP contribution is 2.25. The Morgan fingerprint density at radius 2 is 1.80 bits per heavy atom. The minimum atomic E-state index is -3.41. The summed E-state index contributed by atoms with van der Waals surface area (Å²) in [4.78, 5) is 17.8. The van der Waals surface area contributed by atoms with E-state index in [1.165, 1.54) is 0 Å². The van der Waals surface area contributed by atoms with E-state index in [1.807, 2.05) is 37.4 Å². The Bertz CT molecular complexity index is 1100. The summed E-state index contributed by atoms with van der Waals surface area (Å²) < 4.78 is 25.7. The molecule has 0 aliphatic rings. The molecule has 8 heteroatoms. The van der Waals surface area contributed by atoms with Gasteiger partial charge in [0.15, 0.2) is 0 Å². The number of para-hydroxylation sites is 1. The fraction of sp³-hybridized carbons (Fsp3) is 0.182. The lowest BCUT2D eigenvalue weighted by Gasteiger charge is -2.18. The van der Waals surface area contributed by atoms with E-state index >= 15 is 0 Å². The Labute approximate surface area is 181 Å². The Hall–Kier alpha value is -2.84. The molecule has 0 aliphatic heterocycles. The van der Waals surface area contributed by atoms with Crippen molar-refractivity contribution in [1.29, 1.82) is 0 Å². The smallest absolute Gasteiger partial charge is 0.251 e. The van der Waals surface area contributed by atoms with Gasteiger partial charge in [-0.25, -0.2) is 8.42 Å². The zero-order valence-electron chi connectivity index (χ0n) is 16.7. The second kappa shape index (κ2) is 9.77. The third-order valence-electron chi connectivity index (χ3n) is 4.32. The minimum Gasteiger partial charge on any atom is -0.345 e. The number of amides is 1. The number of carbonyl (C=O) groups excluding carboxylic acids is 1. The van der Waals surface area contributed by atoms with Crippen LogP contribution < -0.4 is 10.0 Å². The van der Waals surface area contributed by atoms with Crippen molar-refractivity contribution in [2.45, 2.75) is 23.6 Å². The van der Waals surface area contributed by atoms with Crippen molar-refractivity contribution in [2.75, 3.05) is 11.0 Å². The number of sulfonamides is 1. The maximum atomic E-state index is 12.7. The van der Waals surface area contributed by atoms with Crippen molar-refractivity contribution in [1.82, 2.24) is 10.3 Å². The van der Waals surface area contributed by atoms with Crippen LogP contribution in [-0.4, -0.2) is 25.6 Å². The Morgan fingerprint density at radius 3 is 2.47 bits per heavy atom. The van der Waals surface area contributed by atoms with E-state index in [9.17, 15) is 13.2 Å². The quantitative estimate of drug-likeness (QED) is 0.511. The van der Waals surface area contributed by atoms with Crippen LogP contribution in [0.4, 0.5) is 5.69 Å². The molecule has 0 saturated heterocycles. The first-order valence-corrected chi connectivity index (χ1v) is 12.2. The van der Waals surface area contributed by atoms with Crippen molar-refractivity contribution in [3.05, 3.63) is 89.7 Å². The van der Waals surface area contributed by atoms with Crippen LogP contribution in [0, 0.1) is 0 Å². The van der Waals surface area contributed by atoms with Gasteiger partial charge in [0.1, 0.15) is 0 Å². The molecule has 30 heavy (non-hydrogen) atoms. The van der Waals surface area contributed by atoms with Gasteiger partial charge < -0.3 is 5.32 Å². The molecule has 0 fully saturated rings. The van der Waals surface area contributed by atoms with Crippen molar-refractivity contribution in [3.63, 3.8) is 0 Å². The number of aromatic nitrogens is 1. The summed E-state index contributed by atoms with van der Waals surface area (Å²) in [5, 5.41) is 2.93. The van der Waals surface area contributed by atoms with Gasteiger partial charge >= 0.3 is 0 Å². The van der Waals surface area contributed by atoms with Crippen LogP contribution in [0.5, 0.6) is 0 Å². The Kier molecular flexibility index (Phi) is 7.12. The number of hydrogen-bond acceptors (Lipinski definition) is 5. The van der Waals surface area contributed by atoms with Gasteiger partial charge in [-0.3, -0.25) is 14.5 Å². The van der Waals surface area contributed by atoms with Gasteiger partial charge in [-0.2, -0.15) is 0 Å². The topological polar surface area (TPSA) is 88.2 Å². The molecule has 1 heterocycles. The molecule has 1 aromatic heterocycles. The fourth-order valence-corrected chi connectivity index (χ4v) is 4.30. The van der Waals surface area contributed by atoms with Gasteiger partial charge in [-0.15, -0.1) is 11.8 Å². The van der Waals surface area contributed by atoms with E-state index in [0.717, 1.165) is 22.5 Å². The van der Waals surface area contributed by atoms with Crippen molar-refractivity contribution < 1.29 is 13.2 Å². The van der Waals surface area contributed by atoms with E-state index in [1.54, 1.807) is 54.4 Å². The molecular weight excluding hydrogens is 418 g/mol. The highest BCUT2D eigenvalue weighted by atomic mass is 32.2. The number of benzene rings is 2. The fourth-order valence-electron chi connectivity index (χ4n) is 2.88. The number of nitrogens with zero attached hydrogens (tertiary/aromatic N) is 1. The first kappa shape index (κ1) is 21.9. The minimum absolute atomic E-state index is 0.222. The summed E-state index contributed by atoms with van der Waals surface area (Å²) in [5.74, 6) is 0.584. The van der Waals surface area contributed by atoms with E-state index in [4.69, 9.17) is 0 Å². The predicted octanol–water partition coefficient (Wildman–Crippen LogP) is 4.24. The first-order chi connectivity index (χ1) is 14.3. The first-order valence-electron chi connectivity index (χ1n) is 9.31. The Morgan fingerprint density at radius 1 is 1.07 bits per heavy atom. The number of nitrogens with one attached hydrogen (secondary N) is 2. The summed E-state index contributed by atoms with van der Waals surface area (Å²) >= 11 is 1.68. The van der Waals surface area contributed by atoms with Crippen LogP contribution in [-0.2, 0) is 15.8 Å². The number of thioether (sulfide) groups is 1. The van der Waals surface area contributed by atoms with Crippen molar-refractivity contribution >= 4 is 33.4 Å². The molecule has 1 unspecified atom stereocenters. The second-order valence-electron chi connectivity index (χ2n) is 6.83. The molecule has 0 saturated carbocycles. The summed E-state index contributed by atoms with van der Waals surface area (Å²) in [5.41, 5.74) is 2.83. The summed E-state index contributed by atoms with van der Waals surface area (Å²) in [6.45, 7) is 1.82. The van der Waals surface area contributed by atoms with Gasteiger partial charge in [-0.1, -0.05) is 24.3 Å². The molecule has 6 nitrogen and oxygen atoms in total. The number of pyridine rings is 1. The molecule has 3 aromatic rings. The zero-order valence-corrected chi connectivity index (χ0v) is 18.3. The highest BCUT2D eigenvalue weighted by Gasteiger charge is 2.16. The molecule has 0 aliphatic carbocycles. The number of anilines is 1. The molecular formula is C22H23N3O3S2. The lowest BCUT2D eigenvalue weighted by molar-refractivity contribution is 0.0940. The SMILES string of the molecule is CC(NC(=O)c1ccc(SCc2cccnc2)cc1)c1ccccc1NS(C)(=O)=O. The molecule has 1 atom stereocenters. The highest BCUT2D eigenvalue weighted by molar-refractivity contribution is 7.98. The van der Waals surface area contributed by atoms with Gasteiger partial charge in [0.25, 0.3) is 5.91 Å². The lowest BCUT2D eigenvalue weighted by atomic mass is 10.1. The third kappa shape index (κ3) is 6.33. The van der Waals surface area contributed by atoms with Crippen LogP contribution in [0.15, 0.2) is 78.0 Å². The maximum absolute atomic E-state index is 12.7. The van der Waals surface area contributed by atoms with Gasteiger partial charge in [-0.05, 0) is 54.4 Å². The Balaban J connectivity index is 1.63. The average Bonchev–Trinajstić information content (AvgIpc) is 2.72. The summed E-state index contributed by atoms with van der Waals surface area (Å²) in [6, 6.07) is 18.0. The van der Waals surface area contributed by atoms with Crippen LogP contribution in [0.3, 0.4) is 0 Å². The predicted molar refractivity (Wildman–Crippen MR) is 121 cm³/mol. The van der Waals surface area contributed by atoms with Crippen LogP contribution >= 0.6 is 11.8 Å². The molecule has 3 rings (SSSR count). The third-order valence-corrected chi connectivity index (χ3v) is 5.99. The van der Waals surface area contributed by atoms with Gasteiger partial charge in [0.2, 0.25) is 10.0 Å². The monoisotopic (exact) mass is 441 g/mol. The van der Waals surface area contributed by atoms with Crippen molar-refractivity contribution in [3.8, 4) is 0 Å². The van der Waals surface area contributed by atoms with E-state index in [2.05, 4.69) is 15.0 Å². The lowest BCUT2D eigenvalue weighted by Crippen LogP contribution is -2.27. The molecule has 2 aromatic carbocycles. The van der Waals surface area contributed by atoms with Crippen molar-refractivity contribution in [2.24, 2.45) is 0 Å². The molecule has 2 N–H and O–H groups in total. The van der Waals surface area contributed by atoms with Gasteiger partial charge in [0.05, 0.1) is 18.0 Å². The van der Waals surface area contributed by atoms with Crippen LogP contribution in [0.25, 0.3) is 0 Å². The average molecular weight is 442 g/mol. The number of carbonyl (C=O) groups is 1. The standard InChI is InChI=1S/C22H23N3O3S2/c1-16(20-7-3-4-8-21(20)25-30(2,27)28)24-22(26)18-9-11-19(12-10-18)29-15-17-6-5-13-23-14-17/h3-14,16,25H,15H2,1-2H3,(H,24,26). The van der Waals surface area contributed by atoms with Crippen LogP contribution in [0.1, 0.15) is 34.5 Å². The largest absolute Gasteiger partial charge is 0.345 e. The maximum Gasteiger partial charge on any atom is 0.251 e. The molecule has 156 valence electrons.